The van der Waals surface area contributed by atoms with Crippen LogP contribution in [0.4, 0.5) is 5.00 Å². The van der Waals surface area contributed by atoms with Gasteiger partial charge in [0.1, 0.15) is 17.6 Å². The highest BCUT2D eigenvalue weighted by atomic mass is 32.1. The number of benzene rings is 1. The van der Waals surface area contributed by atoms with Gasteiger partial charge in [0.2, 0.25) is 0 Å². The zero-order valence-corrected chi connectivity index (χ0v) is 18.2. The zero-order chi connectivity index (χ0) is 21.0. The summed E-state index contributed by atoms with van der Waals surface area (Å²) in [5.41, 5.74) is 2.76. The molecule has 1 unspecified atom stereocenters. The molecule has 2 N–H and O–H groups in total. The molecule has 3 rings (SSSR count). The van der Waals surface area contributed by atoms with Crippen molar-refractivity contribution in [2.75, 3.05) is 33.1 Å². The normalized spacial score (nSPS) is 16.4. The Balaban J connectivity index is 1.67. The quantitative estimate of drug-likeness (QED) is 0.730. The molecular weight excluding hydrogens is 386 g/mol. The minimum Gasteiger partial charge on any atom is -0.493 e. The third kappa shape index (κ3) is 4.72. The van der Waals surface area contributed by atoms with Gasteiger partial charge in [0.15, 0.2) is 18.0 Å². The molecule has 6 nitrogen and oxygen atoms in total. The third-order valence-electron chi connectivity index (χ3n) is 5.32. The van der Waals surface area contributed by atoms with E-state index in [9.17, 15) is 10.1 Å². The van der Waals surface area contributed by atoms with Crippen molar-refractivity contribution in [2.45, 2.75) is 32.7 Å². The highest BCUT2D eigenvalue weighted by Crippen LogP contribution is 2.39. The van der Waals surface area contributed by atoms with Gasteiger partial charge >= 0.3 is 0 Å². The monoisotopic (exact) mass is 414 g/mol. The van der Waals surface area contributed by atoms with E-state index in [1.54, 1.807) is 25.6 Å². The van der Waals surface area contributed by atoms with Crippen LogP contribution in [0.5, 0.6) is 11.5 Å². The number of hydrogen-bond acceptors (Lipinski definition) is 5. The average Bonchev–Trinajstić information content (AvgIpc) is 3.02. The highest BCUT2D eigenvalue weighted by molar-refractivity contribution is 7.16. The maximum Gasteiger partial charge on any atom is 0.280 e. The maximum atomic E-state index is 12.6. The summed E-state index contributed by atoms with van der Waals surface area (Å²) >= 11 is 1.56. The van der Waals surface area contributed by atoms with Crippen LogP contribution in [0.2, 0.25) is 0 Å². The first-order valence-electron chi connectivity index (χ1n) is 9.82. The molecule has 0 spiro atoms. The number of fused-ring (bicyclic) bond motifs is 1. The number of quaternary nitrogens is 1. The van der Waals surface area contributed by atoms with E-state index in [0.29, 0.717) is 41.1 Å². The van der Waals surface area contributed by atoms with Crippen molar-refractivity contribution in [3.05, 3.63) is 39.8 Å². The molecule has 1 aliphatic carbocycles. The second kappa shape index (κ2) is 9.29. The number of para-hydroxylation sites is 1. The third-order valence-corrected chi connectivity index (χ3v) is 6.49. The van der Waals surface area contributed by atoms with E-state index in [1.807, 2.05) is 25.2 Å². The average molecular weight is 415 g/mol. The van der Waals surface area contributed by atoms with E-state index < -0.39 is 0 Å². The summed E-state index contributed by atoms with van der Waals surface area (Å²) in [7, 11) is 5.19. The molecule has 0 fully saturated rings. The van der Waals surface area contributed by atoms with Crippen LogP contribution in [0.25, 0.3) is 0 Å². The van der Waals surface area contributed by atoms with Gasteiger partial charge in [-0.3, -0.25) is 4.79 Å². The SMILES string of the molecule is COc1cccc(C[NH+](C)CC(=O)Nc2sc3c(c2C#N)CC[C@@H](C)C3)c1OC. The lowest BCUT2D eigenvalue weighted by Crippen LogP contribution is -3.08. The summed E-state index contributed by atoms with van der Waals surface area (Å²) in [5, 5.41) is 13.3. The zero-order valence-electron chi connectivity index (χ0n) is 17.4. The van der Waals surface area contributed by atoms with Crippen LogP contribution in [0.3, 0.4) is 0 Å². The van der Waals surface area contributed by atoms with Gasteiger partial charge in [-0.1, -0.05) is 13.0 Å². The molecule has 0 aliphatic heterocycles. The first-order chi connectivity index (χ1) is 14.0. The molecule has 7 heteroatoms. The number of hydrogen-bond donors (Lipinski definition) is 2. The van der Waals surface area contributed by atoms with Gasteiger partial charge in [-0.15, -0.1) is 11.3 Å². The van der Waals surface area contributed by atoms with Gasteiger partial charge < -0.3 is 19.7 Å². The maximum absolute atomic E-state index is 12.6. The van der Waals surface area contributed by atoms with Crippen molar-refractivity contribution in [3.8, 4) is 17.6 Å². The molecule has 1 aromatic carbocycles. The number of amides is 1. The fourth-order valence-electron chi connectivity index (χ4n) is 3.88. The smallest absolute Gasteiger partial charge is 0.280 e. The van der Waals surface area contributed by atoms with E-state index in [4.69, 9.17) is 9.47 Å². The lowest BCUT2D eigenvalue weighted by Gasteiger charge is -2.17. The minimum absolute atomic E-state index is 0.0903. The number of nitrogens with one attached hydrogen (secondary N) is 2. The number of nitriles is 1. The van der Waals surface area contributed by atoms with E-state index in [-0.39, 0.29) is 5.91 Å². The first kappa shape index (κ1) is 21.2. The molecule has 1 heterocycles. The van der Waals surface area contributed by atoms with Gasteiger partial charge in [0.25, 0.3) is 5.91 Å². The number of carbonyl (C=O) groups is 1. The highest BCUT2D eigenvalue weighted by Gasteiger charge is 2.25. The van der Waals surface area contributed by atoms with Gasteiger partial charge in [-0.2, -0.15) is 5.26 Å². The lowest BCUT2D eigenvalue weighted by molar-refractivity contribution is -0.885. The summed E-state index contributed by atoms with van der Waals surface area (Å²) in [5.74, 6) is 1.91. The molecule has 0 saturated heterocycles. The Bertz CT molecular complexity index is 932. The van der Waals surface area contributed by atoms with E-state index in [0.717, 1.165) is 35.3 Å². The molecular formula is C22H28N3O3S+. The Hall–Kier alpha value is -2.56. The van der Waals surface area contributed by atoms with Gasteiger partial charge in [-0.05, 0) is 42.9 Å². The molecule has 2 atom stereocenters. The fraction of sp³-hybridized carbons (Fsp3) is 0.455. The lowest BCUT2D eigenvalue weighted by atomic mass is 9.89. The fourth-order valence-corrected chi connectivity index (χ4v) is 5.26. The van der Waals surface area contributed by atoms with Crippen LogP contribution >= 0.6 is 11.3 Å². The molecule has 1 aromatic heterocycles. The Kier molecular flexibility index (Phi) is 6.78. The number of anilines is 1. The summed E-state index contributed by atoms with van der Waals surface area (Å²) < 4.78 is 10.8. The van der Waals surface area contributed by atoms with Gasteiger partial charge in [-0.25, -0.2) is 0 Å². The van der Waals surface area contributed by atoms with E-state index >= 15 is 0 Å². The van der Waals surface area contributed by atoms with Gasteiger partial charge in [0, 0.05) is 4.88 Å². The number of carbonyl (C=O) groups excluding carboxylic acids is 1. The number of methoxy groups -OCH3 is 2. The Labute approximate surface area is 176 Å². The van der Waals surface area contributed by atoms with Crippen molar-refractivity contribution >= 4 is 22.2 Å². The number of ether oxygens (including phenoxy) is 2. The minimum atomic E-state index is -0.0903. The van der Waals surface area contributed by atoms with Crippen LogP contribution in [-0.2, 0) is 24.2 Å². The molecule has 0 radical (unpaired) electrons. The van der Waals surface area contributed by atoms with Crippen molar-refractivity contribution in [1.82, 2.24) is 0 Å². The van der Waals surface area contributed by atoms with E-state index in [1.165, 1.54) is 4.88 Å². The molecule has 1 amide bonds. The Morgan fingerprint density at radius 2 is 2.17 bits per heavy atom. The van der Waals surface area contributed by atoms with Crippen LogP contribution in [-0.4, -0.2) is 33.7 Å². The van der Waals surface area contributed by atoms with Crippen molar-refractivity contribution < 1.29 is 19.2 Å². The molecule has 2 aromatic rings. The second-order valence-electron chi connectivity index (χ2n) is 7.68. The predicted molar refractivity (Wildman–Crippen MR) is 114 cm³/mol. The summed E-state index contributed by atoms with van der Waals surface area (Å²) in [4.78, 5) is 14.9. The molecule has 0 bridgehead atoms. The van der Waals surface area contributed by atoms with Gasteiger partial charge in [0.05, 0.1) is 32.4 Å². The van der Waals surface area contributed by atoms with Crippen molar-refractivity contribution in [3.63, 3.8) is 0 Å². The van der Waals surface area contributed by atoms with Crippen molar-refractivity contribution in [2.24, 2.45) is 5.92 Å². The standard InChI is InChI=1S/C22H27N3O3S/c1-14-8-9-16-17(11-23)22(29-19(16)10-14)24-20(26)13-25(2)12-15-6-5-7-18(27-3)21(15)28-4/h5-7,14H,8-10,12-13H2,1-4H3,(H,24,26)/p+1/t14-/m1/s1. The topological polar surface area (TPSA) is 75.8 Å². The molecule has 29 heavy (non-hydrogen) atoms. The van der Waals surface area contributed by atoms with Crippen LogP contribution in [0.15, 0.2) is 18.2 Å². The molecule has 154 valence electrons. The first-order valence-corrected chi connectivity index (χ1v) is 10.6. The van der Waals surface area contributed by atoms with Crippen LogP contribution in [0.1, 0.15) is 34.9 Å². The molecule has 0 saturated carbocycles. The Morgan fingerprint density at radius 3 is 2.86 bits per heavy atom. The largest absolute Gasteiger partial charge is 0.493 e. The van der Waals surface area contributed by atoms with E-state index in [2.05, 4.69) is 18.3 Å². The Morgan fingerprint density at radius 1 is 1.38 bits per heavy atom. The summed E-state index contributed by atoms with van der Waals surface area (Å²) in [6, 6.07) is 8.05. The van der Waals surface area contributed by atoms with Crippen LogP contribution in [0, 0.1) is 17.2 Å². The number of likely N-dealkylation sites (N-methyl/N-ethyl adjacent to an activating group) is 1. The van der Waals surface area contributed by atoms with Crippen molar-refractivity contribution in [1.29, 1.82) is 5.26 Å². The van der Waals surface area contributed by atoms with Crippen LogP contribution < -0.4 is 19.7 Å². The summed E-state index contributed by atoms with van der Waals surface area (Å²) in [6.07, 6.45) is 3.01. The summed E-state index contributed by atoms with van der Waals surface area (Å²) in [6.45, 7) is 3.15. The second-order valence-corrected chi connectivity index (χ2v) is 8.78. The number of rotatable bonds is 7. The molecule has 1 aliphatic rings. The predicted octanol–water partition coefficient (Wildman–Crippen LogP) is 2.42. The number of nitrogens with zero attached hydrogens (tertiary/aromatic N) is 1. The number of thiophene rings is 1.